The maximum Gasteiger partial charge on any atom is 0.236 e. The number of piperazine rings is 2. The number of nitrogens with one attached hydrogen (secondary N) is 1. The molecule has 1 atom stereocenters. The lowest BCUT2D eigenvalue weighted by molar-refractivity contribution is -0.132. The number of carbonyl (C=O) groups is 2. The van der Waals surface area contributed by atoms with Gasteiger partial charge in [0.25, 0.3) is 0 Å². The van der Waals surface area contributed by atoms with E-state index in [9.17, 15) is 14.0 Å². The number of nitrogens with zero attached hydrogens (tertiary/aromatic N) is 5. The molecule has 2 saturated heterocycles. The van der Waals surface area contributed by atoms with Crippen molar-refractivity contribution >= 4 is 28.9 Å². The third-order valence-corrected chi connectivity index (χ3v) is 7.49. The number of carbonyl (C=O) groups excluding carboxylic acids is 2. The third-order valence-electron chi connectivity index (χ3n) is 7.49. The van der Waals surface area contributed by atoms with Gasteiger partial charge >= 0.3 is 0 Å². The highest BCUT2D eigenvalue weighted by molar-refractivity contribution is 6.01. The van der Waals surface area contributed by atoms with E-state index in [4.69, 9.17) is 4.84 Å². The van der Waals surface area contributed by atoms with Crippen LogP contribution in [0.5, 0.6) is 0 Å². The van der Waals surface area contributed by atoms with Gasteiger partial charge in [-0.2, -0.15) is 0 Å². The minimum absolute atomic E-state index is 0.0914. The molecule has 1 unspecified atom stereocenters. The van der Waals surface area contributed by atoms with Gasteiger partial charge in [0.05, 0.1) is 24.5 Å². The van der Waals surface area contributed by atoms with Crippen molar-refractivity contribution in [3.05, 3.63) is 59.7 Å². The van der Waals surface area contributed by atoms with E-state index in [0.29, 0.717) is 62.7 Å². The molecule has 11 heteroatoms. The molecule has 0 aliphatic carbocycles. The molecule has 9 nitrogen and oxygen atoms in total. The Kier molecular flexibility index (Phi) is 8.25. The second-order valence-corrected chi connectivity index (χ2v) is 10.2. The third kappa shape index (κ3) is 6.65. The summed E-state index contributed by atoms with van der Waals surface area (Å²) < 4.78 is 28.3. The summed E-state index contributed by atoms with van der Waals surface area (Å²) >= 11 is 0. The molecular weight excluding hydrogens is 506 g/mol. The van der Waals surface area contributed by atoms with E-state index in [2.05, 4.69) is 20.3 Å². The fraction of sp³-hybridized carbons (Fsp3) is 0.464. The van der Waals surface area contributed by atoms with Gasteiger partial charge in [0.2, 0.25) is 11.8 Å². The molecule has 0 aromatic heterocycles. The van der Waals surface area contributed by atoms with Crippen LogP contribution in [-0.4, -0.2) is 98.9 Å². The van der Waals surface area contributed by atoms with Gasteiger partial charge in [-0.15, -0.1) is 0 Å². The first-order valence-electron chi connectivity index (χ1n) is 13.4. The predicted octanol–water partition coefficient (Wildman–Crippen LogP) is 2.06. The molecule has 2 amide bonds. The fourth-order valence-corrected chi connectivity index (χ4v) is 5.21. The van der Waals surface area contributed by atoms with Crippen molar-refractivity contribution in [1.29, 1.82) is 0 Å². The van der Waals surface area contributed by atoms with Gasteiger partial charge in [-0.1, -0.05) is 11.2 Å². The SMILES string of the molecule is CC(=O)NCC1CC(c2ccc(N3CCN(C(=O)CN4CCN(c5ccc(F)cc5)CC4)CC3)c(F)c2)=NO1. The van der Waals surface area contributed by atoms with Crippen molar-refractivity contribution in [3.8, 4) is 0 Å². The van der Waals surface area contributed by atoms with Crippen LogP contribution in [0.15, 0.2) is 47.6 Å². The van der Waals surface area contributed by atoms with Crippen molar-refractivity contribution in [2.75, 3.05) is 75.2 Å². The van der Waals surface area contributed by atoms with Crippen LogP contribution in [0.2, 0.25) is 0 Å². The average molecular weight is 541 g/mol. The van der Waals surface area contributed by atoms with Crippen molar-refractivity contribution < 1.29 is 23.2 Å². The summed E-state index contributed by atoms with van der Waals surface area (Å²) in [5.74, 6) is -0.620. The first kappa shape index (κ1) is 26.9. The van der Waals surface area contributed by atoms with E-state index >= 15 is 4.39 Å². The fourth-order valence-electron chi connectivity index (χ4n) is 5.21. The minimum Gasteiger partial charge on any atom is -0.390 e. The Labute approximate surface area is 227 Å². The summed E-state index contributed by atoms with van der Waals surface area (Å²) in [6.45, 7) is 7.49. The topological polar surface area (TPSA) is 80.7 Å². The van der Waals surface area contributed by atoms with Gasteiger partial charge in [0.15, 0.2) is 0 Å². The average Bonchev–Trinajstić information content (AvgIpc) is 3.42. The lowest BCUT2D eigenvalue weighted by atomic mass is 10.0. The van der Waals surface area contributed by atoms with Gasteiger partial charge in [-0.05, 0) is 36.4 Å². The number of hydrogen-bond acceptors (Lipinski definition) is 7. The number of amides is 2. The number of hydrogen-bond donors (Lipinski definition) is 1. The zero-order chi connectivity index (χ0) is 27.4. The van der Waals surface area contributed by atoms with Crippen LogP contribution >= 0.6 is 0 Å². The smallest absolute Gasteiger partial charge is 0.236 e. The molecule has 3 aliphatic heterocycles. The molecule has 2 aromatic carbocycles. The van der Waals surface area contributed by atoms with Crippen LogP contribution in [0, 0.1) is 11.6 Å². The summed E-state index contributed by atoms with van der Waals surface area (Å²) in [4.78, 5) is 37.6. The summed E-state index contributed by atoms with van der Waals surface area (Å²) in [7, 11) is 0. The molecule has 39 heavy (non-hydrogen) atoms. The largest absolute Gasteiger partial charge is 0.390 e. The summed E-state index contributed by atoms with van der Waals surface area (Å²) in [5.41, 5.74) is 2.83. The Balaban J connectivity index is 1.07. The van der Waals surface area contributed by atoms with E-state index in [1.54, 1.807) is 18.2 Å². The van der Waals surface area contributed by atoms with Crippen LogP contribution in [0.4, 0.5) is 20.2 Å². The number of halogens is 2. The zero-order valence-electron chi connectivity index (χ0n) is 22.1. The second kappa shape index (κ2) is 12.0. The van der Waals surface area contributed by atoms with Crippen molar-refractivity contribution in [2.45, 2.75) is 19.4 Å². The molecule has 3 heterocycles. The van der Waals surface area contributed by atoms with Gasteiger partial charge in [-0.25, -0.2) is 8.78 Å². The maximum absolute atomic E-state index is 15.1. The highest BCUT2D eigenvalue weighted by Gasteiger charge is 2.27. The van der Waals surface area contributed by atoms with Crippen LogP contribution < -0.4 is 15.1 Å². The van der Waals surface area contributed by atoms with Crippen molar-refractivity contribution in [2.24, 2.45) is 5.16 Å². The molecule has 208 valence electrons. The monoisotopic (exact) mass is 540 g/mol. The molecule has 3 aliphatic rings. The van der Waals surface area contributed by atoms with E-state index in [-0.39, 0.29) is 29.6 Å². The summed E-state index contributed by atoms with van der Waals surface area (Å²) in [5, 5.41) is 6.77. The normalized spacial score (nSPS) is 20.0. The molecule has 2 fully saturated rings. The van der Waals surface area contributed by atoms with Crippen LogP contribution in [0.3, 0.4) is 0 Å². The van der Waals surface area contributed by atoms with E-state index < -0.39 is 0 Å². The van der Waals surface area contributed by atoms with Crippen LogP contribution in [0.25, 0.3) is 0 Å². The molecule has 2 aromatic rings. The first-order chi connectivity index (χ1) is 18.9. The van der Waals surface area contributed by atoms with E-state index in [0.717, 1.165) is 31.9 Å². The Hall–Kier alpha value is -3.73. The quantitative estimate of drug-likeness (QED) is 0.579. The lowest BCUT2D eigenvalue weighted by Gasteiger charge is -2.39. The maximum atomic E-state index is 15.1. The van der Waals surface area contributed by atoms with E-state index in [1.165, 1.54) is 25.1 Å². The summed E-state index contributed by atoms with van der Waals surface area (Å²) in [6, 6.07) is 11.6. The first-order valence-corrected chi connectivity index (χ1v) is 13.4. The Morgan fingerprint density at radius 1 is 0.949 bits per heavy atom. The second-order valence-electron chi connectivity index (χ2n) is 10.2. The number of oxime groups is 1. The van der Waals surface area contributed by atoms with Crippen molar-refractivity contribution in [1.82, 2.24) is 15.1 Å². The van der Waals surface area contributed by atoms with E-state index in [1.807, 2.05) is 15.9 Å². The van der Waals surface area contributed by atoms with Crippen LogP contribution in [0.1, 0.15) is 18.9 Å². The number of rotatable bonds is 7. The molecule has 5 rings (SSSR count). The van der Waals surface area contributed by atoms with Crippen LogP contribution in [-0.2, 0) is 14.4 Å². The number of benzene rings is 2. The van der Waals surface area contributed by atoms with Crippen molar-refractivity contribution in [3.63, 3.8) is 0 Å². The molecule has 0 spiro atoms. The standard InChI is InChI=1S/C28H34F2N6O3/c1-20(37)31-18-24-17-26(32-39-24)21-2-7-27(25(30)16-21)35-12-14-36(15-13-35)28(38)19-33-8-10-34(11-9-33)23-5-3-22(29)4-6-23/h2-7,16,24H,8-15,17-19H2,1H3,(H,31,37). The highest BCUT2D eigenvalue weighted by atomic mass is 19.1. The molecule has 0 radical (unpaired) electrons. The van der Waals surface area contributed by atoms with Gasteiger partial charge in [0, 0.05) is 77.0 Å². The Bertz CT molecular complexity index is 1210. The van der Waals surface area contributed by atoms with Gasteiger partial charge in [-0.3, -0.25) is 14.5 Å². The highest BCUT2D eigenvalue weighted by Crippen LogP contribution is 2.25. The zero-order valence-corrected chi connectivity index (χ0v) is 22.1. The molecule has 1 N–H and O–H groups in total. The molecule has 0 saturated carbocycles. The molecular formula is C28H34F2N6O3. The van der Waals surface area contributed by atoms with Gasteiger partial charge < -0.3 is 24.9 Å². The Morgan fingerprint density at radius 3 is 2.31 bits per heavy atom. The van der Waals surface area contributed by atoms with Gasteiger partial charge in [0.1, 0.15) is 17.7 Å². The predicted molar refractivity (Wildman–Crippen MR) is 145 cm³/mol. The molecule has 0 bridgehead atoms. The summed E-state index contributed by atoms with van der Waals surface area (Å²) in [6.07, 6.45) is 0.247. The Morgan fingerprint density at radius 2 is 1.64 bits per heavy atom. The number of anilines is 2. The lowest BCUT2D eigenvalue weighted by Crippen LogP contribution is -2.54. The minimum atomic E-state index is -0.334.